The van der Waals surface area contributed by atoms with Crippen LogP contribution in [0.5, 0.6) is 5.75 Å². The fraction of sp³-hybridized carbons (Fsp3) is 0.278. The number of fused-ring (bicyclic) bond motifs is 1. The van der Waals surface area contributed by atoms with E-state index >= 15 is 0 Å². The first-order valence-corrected chi connectivity index (χ1v) is 7.81. The summed E-state index contributed by atoms with van der Waals surface area (Å²) in [5.41, 5.74) is 2.22. The van der Waals surface area contributed by atoms with Crippen molar-refractivity contribution in [1.29, 1.82) is 0 Å². The fourth-order valence-corrected chi connectivity index (χ4v) is 2.86. The van der Waals surface area contributed by atoms with E-state index in [1.165, 1.54) is 12.1 Å². The Morgan fingerprint density at radius 3 is 2.54 bits per heavy atom. The molecule has 0 bridgehead atoms. The molecule has 0 aliphatic carbocycles. The van der Waals surface area contributed by atoms with Gasteiger partial charge in [0.1, 0.15) is 11.9 Å². The van der Waals surface area contributed by atoms with Crippen LogP contribution in [0.2, 0.25) is 0 Å². The molecule has 0 saturated heterocycles. The molecule has 0 aromatic heterocycles. The Labute approximate surface area is 139 Å². The van der Waals surface area contributed by atoms with Crippen molar-refractivity contribution in [2.75, 3.05) is 11.9 Å². The van der Waals surface area contributed by atoms with Crippen molar-refractivity contribution in [1.82, 2.24) is 4.90 Å². The maximum Gasteiger partial charge on any atom is 0.387 e. The number of anilines is 1. The molecule has 3 rings (SSSR count). The van der Waals surface area contributed by atoms with Gasteiger partial charge < -0.3 is 15.0 Å². The molecule has 2 aromatic carbocycles. The van der Waals surface area contributed by atoms with Crippen LogP contribution >= 0.6 is 0 Å². The summed E-state index contributed by atoms with van der Waals surface area (Å²) in [6.45, 7) is -0.251. The average Bonchev–Trinajstić information content (AvgIpc) is 2.58. The van der Waals surface area contributed by atoms with Gasteiger partial charge in [-0.25, -0.2) is 0 Å². The van der Waals surface area contributed by atoms with Gasteiger partial charge in [-0.2, -0.15) is 8.78 Å². The Morgan fingerprint density at radius 1 is 1.17 bits per heavy atom. The van der Waals surface area contributed by atoms with E-state index in [0.717, 1.165) is 17.7 Å². The van der Waals surface area contributed by atoms with Crippen LogP contribution in [0.1, 0.15) is 35.4 Å². The number of alkyl halides is 2. The largest absolute Gasteiger partial charge is 0.435 e. The number of nitrogens with one attached hydrogen (secondary N) is 1. The van der Waals surface area contributed by atoms with Crippen molar-refractivity contribution in [3.8, 4) is 5.75 Å². The van der Waals surface area contributed by atoms with E-state index in [-0.39, 0.29) is 17.8 Å². The Kier molecular flexibility index (Phi) is 4.64. The Bertz CT molecular complexity index is 719. The normalized spacial score (nSPS) is 16.8. The number of hydrogen-bond acceptors (Lipinski definition) is 3. The van der Waals surface area contributed by atoms with Crippen LogP contribution in [-0.4, -0.2) is 24.0 Å². The third-order valence-corrected chi connectivity index (χ3v) is 3.91. The molecule has 1 aliphatic rings. The molecule has 0 radical (unpaired) electrons. The highest BCUT2D eigenvalue weighted by Gasteiger charge is 2.32. The summed E-state index contributed by atoms with van der Waals surface area (Å²) in [6.07, 6.45) is 0.478. The maximum absolute atomic E-state index is 12.8. The van der Waals surface area contributed by atoms with Gasteiger partial charge in [0.15, 0.2) is 0 Å². The second kappa shape index (κ2) is 6.86. The third-order valence-electron chi connectivity index (χ3n) is 3.91. The zero-order valence-corrected chi connectivity index (χ0v) is 13.2. The molecular formula is C18H18F2N2O2. The molecule has 1 heterocycles. The van der Waals surface area contributed by atoms with E-state index < -0.39 is 6.61 Å². The van der Waals surface area contributed by atoms with Crippen LogP contribution in [0, 0.1) is 0 Å². The van der Waals surface area contributed by atoms with E-state index in [4.69, 9.17) is 0 Å². The monoisotopic (exact) mass is 332 g/mol. The highest BCUT2D eigenvalue weighted by molar-refractivity contribution is 6.01. The average molecular weight is 332 g/mol. The van der Waals surface area contributed by atoms with Crippen LogP contribution < -0.4 is 10.1 Å². The summed E-state index contributed by atoms with van der Waals surface area (Å²) < 4.78 is 28.9. The van der Waals surface area contributed by atoms with Crippen LogP contribution in [0.4, 0.5) is 14.5 Å². The van der Waals surface area contributed by atoms with Crippen LogP contribution in [0.3, 0.4) is 0 Å². The van der Waals surface area contributed by atoms with Crippen LogP contribution in [-0.2, 0) is 0 Å². The molecule has 4 nitrogen and oxygen atoms in total. The topological polar surface area (TPSA) is 41.6 Å². The number of carbonyl (C=O) groups excluding carboxylic acids is 1. The first kappa shape index (κ1) is 16.2. The lowest BCUT2D eigenvalue weighted by molar-refractivity contribution is -0.0498. The number of halogens is 2. The number of ether oxygens (including phenoxy) is 1. The van der Waals surface area contributed by atoms with Crippen molar-refractivity contribution in [3.63, 3.8) is 0 Å². The summed E-state index contributed by atoms with van der Waals surface area (Å²) in [5, 5.41) is 3.35. The number of amides is 1. The minimum absolute atomic E-state index is 0.0379. The van der Waals surface area contributed by atoms with Gasteiger partial charge in [-0.1, -0.05) is 31.2 Å². The van der Waals surface area contributed by atoms with E-state index in [0.29, 0.717) is 12.1 Å². The Hall–Kier alpha value is -2.63. The molecule has 0 saturated carbocycles. The Morgan fingerprint density at radius 2 is 1.88 bits per heavy atom. The number of rotatable bonds is 5. The number of para-hydroxylation sites is 1. The first-order valence-electron chi connectivity index (χ1n) is 7.81. The highest BCUT2D eigenvalue weighted by Crippen LogP contribution is 2.33. The zero-order valence-electron chi connectivity index (χ0n) is 13.2. The van der Waals surface area contributed by atoms with Gasteiger partial charge in [0, 0.05) is 12.2 Å². The standard InChI is InChI=1S/C18H18F2N2O2/c1-2-11-22-16(12-7-9-13(10-8-12)24-18(19)20)21-15-6-4-3-5-14(15)17(22)23/h3-10,16,18,21H,2,11H2,1H3/t16-/m0/s1. The first-order chi connectivity index (χ1) is 11.6. The molecule has 24 heavy (non-hydrogen) atoms. The van der Waals surface area contributed by atoms with Crippen molar-refractivity contribution < 1.29 is 18.3 Å². The number of nitrogens with zero attached hydrogens (tertiary/aromatic N) is 1. The van der Waals surface area contributed by atoms with Gasteiger partial charge in [-0.05, 0) is 36.2 Å². The van der Waals surface area contributed by atoms with Gasteiger partial charge in [0.2, 0.25) is 0 Å². The number of hydrogen-bond donors (Lipinski definition) is 1. The van der Waals surface area contributed by atoms with Gasteiger partial charge in [0.05, 0.1) is 5.56 Å². The summed E-state index contributed by atoms with van der Waals surface area (Å²) in [6, 6.07) is 13.7. The molecule has 6 heteroatoms. The lowest BCUT2D eigenvalue weighted by Crippen LogP contribution is -2.43. The lowest BCUT2D eigenvalue weighted by atomic mass is 10.0. The second-order valence-electron chi connectivity index (χ2n) is 5.54. The van der Waals surface area contributed by atoms with Crippen molar-refractivity contribution >= 4 is 11.6 Å². The second-order valence-corrected chi connectivity index (χ2v) is 5.54. The van der Waals surface area contributed by atoms with E-state index in [1.807, 2.05) is 25.1 Å². The van der Waals surface area contributed by atoms with Crippen LogP contribution in [0.25, 0.3) is 0 Å². The summed E-state index contributed by atoms with van der Waals surface area (Å²) in [7, 11) is 0. The minimum atomic E-state index is -2.85. The molecule has 0 unspecified atom stereocenters. The molecule has 1 aliphatic heterocycles. The molecule has 2 aromatic rings. The smallest absolute Gasteiger partial charge is 0.387 e. The van der Waals surface area contributed by atoms with E-state index in [9.17, 15) is 13.6 Å². The number of carbonyl (C=O) groups is 1. The molecule has 1 N–H and O–H groups in total. The van der Waals surface area contributed by atoms with Gasteiger partial charge in [0.25, 0.3) is 5.91 Å². The third kappa shape index (κ3) is 3.18. The minimum Gasteiger partial charge on any atom is -0.435 e. The predicted octanol–water partition coefficient (Wildman–Crippen LogP) is 4.26. The quantitative estimate of drug-likeness (QED) is 0.889. The summed E-state index contributed by atoms with van der Waals surface area (Å²) in [4.78, 5) is 14.5. The molecule has 126 valence electrons. The van der Waals surface area contributed by atoms with E-state index in [1.54, 1.807) is 23.1 Å². The summed E-state index contributed by atoms with van der Waals surface area (Å²) in [5.74, 6) is 0.0578. The van der Waals surface area contributed by atoms with Gasteiger partial charge in [-0.15, -0.1) is 0 Å². The molecular weight excluding hydrogens is 314 g/mol. The molecule has 1 atom stereocenters. The SMILES string of the molecule is CCCN1C(=O)c2ccccc2N[C@@H]1c1ccc(OC(F)F)cc1. The maximum atomic E-state index is 12.8. The fourth-order valence-electron chi connectivity index (χ4n) is 2.86. The summed E-state index contributed by atoms with van der Waals surface area (Å²) >= 11 is 0. The lowest BCUT2D eigenvalue weighted by Gasteiger charge is -2.38. The molecule has 0 fully saturated rings. The highest BCUT2D eigenvalue weighted by atomic mass is 19.3. The zero-order chi connectivity index (χ0) is 17.1. The molecule has 0 spiro atoms. The van der Waals surface area contributed by atoms with Crippen molar-refractivity contribution in [2.45, 2.75) is 26.1 Å². The molecule has 1 amide bonds. The predicted molar refractivity (Wildman–Crippen MR) is 87.2 cm³/mol. The number of benzene rings is 2. The van der Waals surface area contributed by atoms with Gasteiger partial charge in [-0.3, -0.25) is 4.79 Å². The van der Waals surface area contributed by atoms with Gasteiger partial charge >= 0.3 is 6.61 Å². The van der Waals surface area contributed by atoms with Crippen molar-refractivity contribution in [2.24, 2.45) is 0 Å². The Balaban J connectivity index is 1.91. The van der Waals surface area contributed by atoms with Crippen molar-refractivity contribution in [3.05, 3.63) is 59.7 Å². The van der Waals surface area contributed by atoms with E-state index in [2.05, 4.69) is 10.1 Å². The van der Waals surface area contributed by atoms with Crippen LogP contribution in [0.15, 0.2) is 48.5 Å².